The Morgan fingerprint density at radius 1 is 1.00 bits per heavy atom. The predicted octanol–water partition coefficient (Wildman–Crippen LogP) is 5.92. The van der Waals surface area contributed by atoms with Crippen LogP contribution in [0.2, 0.25) is 0 Å². The first-order valence-electron chi connectivity index (χ1n) is 11.5. The van der Waals surface area contributed by atoms with E-state index in [0.717, 1.165) is 22.3 Å². The van der Waals surface area contributed by atoms with E-state index in [0.29, 0.717) is 28.4 Å². The SMILES string of the molecule is CC(=O)Oc1c(C)c(C)c2c(c1C)C(=O)CC(C)(COc1ccc(-c3ccc([N+](=O)[O-])cc3)cc1)O2. The lowest BCUT2D eigenvalue weighted by molar-refractivity contribution is -0.384. The van der Waals surface area contributed by atoms with E-state index < -0.39 is 16.5 Å². The minimum Gasteiger partial charge on any atom is -0.489 e. The van der Waals surface area contributed by atoms with Gasteiger partial charge in [-0.1, -0.05) is 12.1 Å². The van der Waals surface area contributed by atoms with E-state index in [4.69, 9.17) is 14.2 Å². The van der Waals surface area contributed by atoms with Gasteiger partial charge in [-0.3, -0.25) is 19.7 Å². The molecule has 8 heteroatoms. The van der Waals surface area contributed by atoms with Gasteiger partial charge >= 0.3 is 5.97 Å². The van der Waals surface area contributed by atoms with Gasteiger partial charge < -0.3 is 14.2 Å². The molecule has 3 aromatic carbocycles. The van der Waals surface area contributed by atoms with E-state index in [2.05, 4.69) is 0 Å². The monoisotopic (exact) mass is 489 g/mol. The number of nitrogens with zero attached hydrogens (tertiary/aromatic N) is 1. The Bertz CT molecular complexity index is 1360. The molecule has 8 nitrogen and oxygen atoms in total. The van der Waals surface area contributed by atoms with Gasteiger partial charge in [0, 0.05) is 24.6 Å². The first kappa shape index (κ1) is 24.9. The standard InChI is InChI=1S/C28H27NO7/c1-16-17(2)27-25(18(3)26(16)35-19(4)30)24(31)14-28(5,36-27)15-34-23-12-8-21(9-13-23)20-6-10-22(11-7-20)29(32)33/h6-13H,14-15H2,1-5H3. The van der Waals surface area contributed by atoms with Gasteiger partial charge in [0.05, 0.1) is 16.9 Å². The maximum absolute atomic E-state index is 13.2. The van der Waals surface area contributed by atoms with Crippen molar-refractivity contribution in [2.45, 2.75) is 46.6 Å². The summed E-state index contributed by atoms with van der Waals surface area (Å²) in [6.07, 6.45) is 0.115. The number of nitro groups is 1. The molecule has 1 heterocycles. The highest BCUT2D eigenvalue weighted by molar-refractivity contribution is 6.03. The van der Waals surface area contributed by atoms with Crippen LogP contribution in [-0.4, -0.2) is 28.9 Å². The number of hydrogen-bond donors (Lipinski definition) is 0. The van der Waals surface area contributed by atoms with Crippen molar-refractivity contribution >= 4 is 17.4 Å². The molecule has 1 aliphatic heterocycles. The van der Waals surface area contributed by atoms with Crippen LogP contribution >= 0.6 is 0 Å². The van der Waals surface area contributed by atoms with Crippen LogP contribution in [0, 0.1) is 30.9 Å². The zero-order chi connectivity index (χ0) is 26.2. The number of ether oxygens (including phenoxy) is 3. The van der Waals surface area contributed by atoms with Crippen LogP contribution in [-0.2, 0) is 4.79 Å². The third kappa shape index (κ3) is 4.79. The molecule has 0 spiro atoms. The normalized spacial score (nSPS) is 16.6. The number of ketones is 1. The second-order valence-electron chi connectivity index (χ2n) is 9.27. The Hall–Kier alpha value is -4.20. The van der Waals surface area contributed by atoms with Gasteiger partial charge in [-0.2, -0.15) is 0 Å². The molecule has 0 bridgehead atoms. The molecule has 0 aliphatic carbocycles. The van der Waals surface area contributed by atoms with E-state index in [9.17, 15) is 19.7 Å². The number of esters is 1. The summed E-state index contributed by atoms with van der Waals surface area (Å²) in [6, 6.07) is 13.7. The number of carbonyl (C=O) groups is 2. The Morgan fingerprint density at radius 2 is 1.58 bits per heavy atom. The van der Waals surface area contributed by atoms with Crippen molar-refractivity contribution in [2.24, 2.45) is 0 Å². The molecule has 36 heavy (non-hydrogen) atoms. The van der Waals surface area contributed by atoms with Gasteiger partial charge in [0.2, 0.25) is 0 Å². The van der Waals surface area contributed by atoms with Crippen molar-refractivity contribution in [3.8, 4) is 28.4 Å². The van der Waals surface area contributed by atoms with Crippen molar-refractivity contribution < 1.29 is 28.7 Å². The fourth-order valence-corrected chi connectivity index (χ4v) is 4.40. The summed E-state index contributed by atoms with van der Waals surface area (Å²) >= 11 is 0. The summed E-state index contributed by atoms with van der Waals surface area (Å²) in [4.78, 5) is 35.2. The van der Waals surface area contributed by atoms with Crippen molar-refractivity contribution in [2.75, 3.05) is 6.61 Å². The van der Waals surface area contributed by atoms with Crippen molar-refractivity contribution in [1.29, 1.82) is 0 Å². The van der Waals surface area contributed by atoms with E-state index in [1.54, 1.807) is 19.1 Å². The van der Waals surface area contributed by atoms with Gasteiger partial charge in [-0.15, -0.1) is 0 Å². The first-order valence-corrected chi connectivity index (χ1v) is 11.5. The summed E-state index contributed by atoms with van der Waals surface area (Å²) < 4.78 is 17.7. The lowest BCUT2D eigenvalue weighted by Gasteiger charge is -2.36. The van der Waals surface area contributed by atoms with E-state index >= 15 is 0 Å². The molecule has 0 radical (unpaired) electrons. The molecular formula is C28H27NO7. The van der Waals surface area contributed by atoms with Gasteiger partial charge in [0.1, 0.15) is 29.5 Å². The van der Waals surface area contributed by atoms with Crippen LogP contribution < -0.4 is 14.2 Å². The Labute approximate surface area is 209 Å². The molecule has 186 valence electrons. The van der Waals surface area contributed by atoms with Crippen LogP contribution in [0.5, 0.6) is 17.2 Å². The molecule has 1 atom stereocenters. The first-order chi connectivity index (χ1) is 17.0. The second kappa shape index (κ2) is 9.45. The molecule has 4 rings (SSSR count). The van der Waals surface area contributed by atoms with Gasteiger partial charge in [0.15, 0.2) is 5.78 Å². The average Bonchev–Trinajstić information content (AvgIpc) is 2.84. The molecule has 1 unspecified atom stereocenters. The number of nitro benzene ring substituents is 1. The number of rotatable bonds is 6. The number of non-ortho nitro benzene ring substituents is 1. The van der Waals surface area contributed by atoms with E-state index in [1.165, 1.54) is 19.1 Å². The number of carbonyl (C=O) groups excluding carboxylic acids is 2. The number of Topliss-reactive ketones (excluding diaryl/α,β-unsaturated/α-hetero) is 1. The summed E-state index contributed by atoms with van der Waals surface area (Å²) in [6.45, 7) is 8.76. The molecule has 0 saturated heterocycles. The predicted molar refractivity (Wildman–Crippen MR) is 134 cm³/mol. The van der Waals surface area contributed by atoms with E-state index in [1.807, 2.05) is 45.0 Å². The maximum Gasteiger partial charge on any atom is 0.308 e. The van der Waals surface area contributed by atoms with Crippen LogP contribution in [0.15, 0.2) is 48.5 Å². The average molecular weight is 490 g/mol. The summed E-state index contributed by atoms with van der Waals surface area (Å²) in [5, 5.41) is 10.9. The second-order valence-corrected chi connectivity index (χ2v) is 9.27. The van der Waals surface area contributed by atoms with Crippen molar-refractivity contribution in [3.05, 3.63) is 80.9 Å². The Kier molecular flexibility index (Phi) is 6.54. The molecule has 0 amide bonds. The van der Waals surface area contributed by atoms with Gasteiger partial charge in [-0.05, 0) is 74.2 Å². The molecule has 0 fully saturated rings. The topological polar surface area (TPSA) is 105 Å². The summed E-state index contributed by atoms with van der Waals surface area (Å²) in [5.74, 6) is 0.978. The molecule has 1 aliphatic rings. The summed E-state index contributed by atoms with van der Waals surface area (Å²) in [7, 11) is 0. The fraction of sp³-hybridized carbons (Fsp3) is 0.286. The molecule has 0 aromatic heterocycles. The summed E-state index contributed by atoms with van der Waals surface area (Å²) in [5.41, 5.74) is 3.45. The molecule has 0 saturated carbocycles. The lowest BCUT2D eigenvalue weighted by atomic mass is 9.86. The molecular weight excluding hydrogens is 462 g/mol. The zero-order valence-electron chi connectivity index (χ0n) is 20.8. The minimum absolute atomic E-state index is 0.0405. The highest BCUT2D eigenvalue weighted by Gasteiger charge is 2.40. The van der Waals surface area contributed by atoms with Crippen molar-refractivity contribution in [3.63, 3.8) is 0 Å². The quantitative estimate of drug-likeness (QED) is 0.183. The van der Waals surface area contributed by atoms with Crippen LogP contribution in [0.4, 0.5) is 5.69 Å². The van der Waals surface area contributed by atoms with Crippen LogP contribution in [0.1, 0.15) is 47.3 Å². The number of fused-ring (bicyclic) bond motifs is 1. The highest BCUT2D eigenvalue weighted by Crippen LogP contribution is 2.44. The lowest BCUT2D eigenvalue weighted by Crippen LogP contribution is -2.45. The maximum atomic E-state index is 13.2. The largest absolute Gasteiger partial charge is 0.489 e. The zero-order valence-corrected chi connectivity index (χ0v) is 20.8. The van der Waals surface area contributed by atoms with Crippen LogP contribution in [0.25, 0.3) is 11.1 Å². The molecule has 3 aromatic rings. The number of hydrogen-bond acceptors (Lipinski definition) is 7. The van der Waals surface area contributed by atoms with Crippen LogP contribution in [0.3, 0.4) is 0 Å². The van der Waals surface area contributed by atoms with Gasteiger partial charge in [0.25, 0.3) is 5.69 Å². The third-order valence-corrected chi connectivity index (χ3v) is 6.40. The fourth-order valence-electron chi connectivity index (χ4n) is 4.40. The smallest absolute Gasteiger partial charge is 0.308 e. The third-order valence-electron chi connectivity index (χ3n) is 6.40. The highest BCUT2D eigenvalue weighted by atomic mass is 16.6. The minimum atomic E-state index is -0.881. The van der Waals surface area contributed by atoms with Gasteiger partial charge in [-0.25, -0.2) is 0 Å². The molecule has 0 N–H and O–H groups in total. The number of benzene rings is 3. The van der Waals surface area contributed by atoms with E-state index in [-0.39, 0.29) is 24.5 Å². The Morgan fingerprint density at radius 3 is 2.14 bits per heavy atom. The Balaban J connectivity index is 1.51. The van der Waals surface area contributed by atoms with Crippen molar-refractivity contribution in [1.82, 2.24) is 0 Å².